The highest BCUT2D eigenvalue weighted by molar-refractivity contribution is 5.85. The minimum atomic E-state index is -4.26. The molecule has 2 rings (SSSR count). The van der Waals surface area contributed by atoms with Gasteiger partial charge in [0.15, 0.2) is 0 Å². The predicted octanol–water partition coefficient (Wildman–Crippen LogP) is 1.98. The highest BCUT2D eigenvalue weighted by Gasteiger charge is 2.56. The molecule has 0 spiro atoms. The summed E-state index contributed by atoms with van der Waals surface area (Å²) in [7, 11) is 0. The lowest BCUT2D eigenvalue weighted by atomic mass is 9.87. The summed E-state index contributed by atoms with van der Waals surface area (Å²) in [6.45, 7) is 4.89. The minimum absolute atomic E-state index is 0. The van der Waals surface area contributed by atoms with Crippen molar-refractivity contribution in [3.8, 4) is 0 Å². The molecule has 2 fully saturated rings. The van der Waals surface area contributed by atoms with Gasteiger partial charge in [-0.3, -0.25) is 4.79 Å². The van der Waals surface area contributed by atoms with Crippen molar-refractivity contribution in [3.63, 3.8) is 0 Å². The molecule has 8 heteroatoms. The summed E-state index contributed by atoms with van der Waals surface area (Å²) < 4.78 is 44.2. The van der Waals surface area contributed by atoms with Crippen LogP contribution in [0.4, 0.5) is 13.2 Å². The van der Waals surface area contributed by atoms with E-state index in [0.29, 0.717) is 19.8 Å². The van der Waals surface area contributed by atoms with Crippen LogP contribution in [0.5, 0.6) is 0 Å². The van der Waals surface area contributed by atoms with E-state index in [2.05, 4.69) is 5.32 Å². The molecule has 0 aromatic heterocycles. The number of likely N-dealkylation sites (tertiary alicyclic amines) is 1. The van der Waals surface area contributed by atoms with Crippen molar-refractivity contribution in [2.75, 3.05) is 26.3 Å². The second-order valence-corrected chi connectivity index (χ2v) is 6.01. The molecular weight excluding hydrogens is 309 g/mol. The van der Waals surface area contributed by atoms with Gasteiger partial charge in [-0.05, 0) is 20.3 Å². The van der Waals surface area contributed by atoms with Gasteiger partial charge < -0.3 is 15.0 Å². The summed E-state index contributed by atoms with van der Waals surface area (Å²) in [6.07, 6.45) is -4.09. The third kappa shape index (κ3) is 4.02. The predicted molar refractivity (Wildman–Crippen MR) is 74.4 cm³/mol. The Morgan fingerprint density at radius 3 is 2.57 bits per heavy atom. The molecule has 0 bridgehead atoms. The first kappa shape index (κ1) is 18.5. The molecule has 0 aromatic carbocycles. The Morgan fingerprint density at radius 2 is 2.10 bits per heavy atom. The van der Waals surface area contributed by atoms with Crippen molar-refractivity contribution in [1.29, 1.82) is 0 Å². The van der Waals surface area contributed by atoms with Crippen molar-refractivity contribution in [2.24, 2.45) is 5.92 Å². The first-order valence-corrected chi connectivity index (χ1v) is 6.91. The van der Waals surface area contributed by atoms with E-state index in [1.54, 1.807) is 0 Å². The number of nitrogens with one attached hydrogen (secondary N) is 1. The first-order chi connectivity index (χ1) is 9.23. The fourth-order valence-electron chi connectivity index (χ4n) is 3.17. The van der Waals surface area contributed by atoms with Crippen LogP contribution in [0.25, 0.3) is 0 Å². The number of alkyl halides is 3. The molecule has 2 atom stereocenters. The van der Waals surface area contributed by atoms with Crippen molar-refractivity contribution in [1.82, 2.24) is 10.2 Å². The van der Waals surface area contributed by atoms with E-state index in [0.717, 1.165) is 0 Å². The fourth-order valence-corrected chi connectivity index (χ4v) is 3.17. The van der Waals surface area contributed by atoms with E-state index < -0.39 is 17.6 Å². The van der Waals surface area contributed by atoms with Crippen LogP contribution >= 0.6 is 12.4 Å². The number of morpholine rings is 1. The highest BCUT2D eigenvalue weighted by atomic mass is 35.5. The quantitative estimate of drug-likeness (QED) is 0.842. The fraction of sp³-hybridized carbons (Fsp3) is 0.923. The van der Waals surface area contributed by atoms with E-state index in [1.807, 2.05) is 0 Å². The summed E-state index contributed by atoms with van der Waals surface area (Å²) in [6, 6.07) is -0.100. The minimum Gasteiger partial charge on any atom is -0.378 e. The van der Waals surface area contributed by atoms with Crippen LogP contribution in [0.15, 0.2) is 0 Å². The maximum absolute atomic E-state index is 13.0. The second-order valence-electron chi connectivity index (χ2n) is 6.01. The van der Waals surface area contributed by atoms with Gasteiger partial charge in [-0.2, -0.15) is 13.2 Å². The maximum atomic E-state index is 13.0. The monoisotopic (exact) mass is 330 g/mol. The average Bonchev–Trinajstić information content (AvgIpc) is 2.65. The van der Waals surface area contributed by atoms with Gasteiger partial charge in [-0.1, -0.05) is 0 Å². The van der Waals surface area contributed by atoms with Crippen LogP contribution in [0.2, 0.25) is 0 Å². The lowest BCUT2D eigenvalue weighted by Crippen LogP contribution is -2.52. The molecule has 2 heterocycles. The second kappa shape index (κ2) is 6.71. The van der Waals surface area contributed by atoms with Crippen LogP contribution in [0.1, 0.15) is 26.7 Å². The van der Waals surface area contributed by atoms with E-state index in [1.165, 1.54) is 18.7 Å². The lowest BCUT2D eigenvalue weighted by molar-refractivity contribution is -0.192. The third-order valence-corrected chi connectivity index (χ3v) is 4.31. The van der Waals surface area contributed by atoms with E-state index >= 15 is 0 Å². The van der Waals surface area contributed by atoms with Gasteiger partial charge in [-0.25, -0.2) is 0 Å². The molecule has 2 aliphatic rings. The number of rotatable bonds is 2. The number of hydrogen-bond donors (Lipinski definition) is 1. The first-order valence-electron chi connectivity index (χ1n) is 6.91. The van der Waals surface area contributed by atoms with Crippen LogP contribution in [0.3, 0.4) is 0 Å². The largest absolute Gasteiger partial charge is 0.394 e. The van der Waals surface area contributed by atoms with Crippen LogP contribution in [-0.2, 0) is 9.53 Å². The van der Waals surface area contributed by atoms with Gasteiger partial charge in [-0.15, -0.1) is 12.4 Å². The summed E-state index contributed by atoms with van der Waals surface area (Å²) in [5.74, 6) is -1.68. The smallest absolute Gasteiger partial charge is 0.378 e. The summed E-state index contributed by atoms with van der Waals surface area (Å²) in [5.41, 5.74) is -1.18. The number of nitrogens with zero attached hydrogens (tertiary/aromatic N) is 1. The zero-order valence-corrected chi connectivity index (χ0v) is 13.0. The number of carbonyl (C=O) groups excluding carboxylic acids is 1. The average molecular weight is 331 g/mol. The van der Waals surface area contributed by atoms with Gasteiger partial charge in [0.25, 0.3) is 0 Å². The zero-order chi connectivity index (χ0) is 15.0. The molecule has 0 radical (unpaired) electrons. The van der Waals surface area contributed by atoms with Crippen molar-refractivity contribution in [2.45, 2.75) is 44.4 Å². The molecule has 0 aliphatic carbocycles. The summed E-state index contributed by atoms with van der Waals surface area (Å²) in [4.78, 5) is 13.6. The number of carbonyl (C=O) groups is 1. The number of halogens is 4. The summed E-state index contributed by atoms with van der Waals surface area (Å²) in [5, 5.41) is 3.15. The molecule has 4 nitrogen and oxygen atoms in total. The molecule has 0 saturated carbocycles. The molecule has 2 aliphatic heterocycles. The van der Waals surface area contributed by atoms with Crippen LogP contribution in [-0.4, -0.2) is 54.9 Å². The molecule has 124 valence electrons. The van der Waals surface area contributed by atoms with E-state index in [-0.39, 0.29) is 43.7 Å². The SMILES string of the molecule is CC1(C)C(C(F)(F)F)CCN1C(=O)CC1COCCN1.Cl. The Kier molecular flexibility index (Phi) is 5.91. The standard InChI is InChI=1S/C13H21F3N2O2.ClH/c1-12(2)10(13(14,15)16)3-5-18(12)11(19)7-9-8-20-6-4-17-9;/h9-10,17H,3-8H2,1-2H3;1H. The van der Waals surface area contributed by atoms with Gasteiger partial charge in [0.1, 0.15) is 0 Å². The highest BCUT2D eigenvalue weighted by Crippen LogP contribution is 2.44. The normalized spacial score (nSPS) is 29.1. The Labute approximate surface area is 128 Å². The molecule has 0 aromatic rings. The number of amides is 1. The Balaban J connectivity index is 0.00000220. The molecular formula is C13H22ClF3N2O2. The van der Waals surface area contributed by atoms with Crippen molar-refractivity contribution >= 4 is 18.3 Å². The number of hydrogen-bond acceptors (Lipinski definition) is 3. The van der Waals surface area contributed by atoms with Crippen LogP contribution in [0, 0.1) is 5.92 Å². The van der Waals surface area contributed by atoms with Gasteiger partial charge in [0.2, 0.25) is 5.91 Å². The molecule has 2 saturated heterocycles. The Morgan fingerprint density at radius 1 is 1.43 bits per heavy atom. The molecule has 21 heavy (non-hydrogen) atoms. The number of ether oxygens (including phenoxy) is 1. The Bertz CT molecular complexity index is 371. The molecule has 2 unspecified atom stereocenters. The molecule has 1 N–H and O–H groups in total. The summed E-state index contributed by atoms with van der Waals surface area (Å²) >= 11 is 0. The zero-order valence-electron chi connectivity index (χ0n) is 12.2. The van der Waals surface area contributed by atoms with E-state index in [9.17, 15) is 18.0 Å². The van der Waals surface area contributed by atoms with Gasteiger partial charge in [0, 0.05) is 31.1 Å². The van der Waals surface area contributed by atoms with Crippen molar-refractivity contribution < 1.29 is 22.7 Å². The van der Waals surface area contributed by atoms with Crippen molar-refractivity contribution in [3.05, 3.63) is 0 Å². The Hall–Kier alpha value is -0.530. The molecule has 1 amide bonds. The topological polar surface area (TPSA) is 41.6 Å². The third-order valence-electron chi connectivity index (χ3n) is 4.31. The van der Waals surface area contributed by atoms with Gasteiger partial charge in [0.05, 0.1) is 19.1 Å². The van der Waals surface area contributed by atoms with E-state index in [4.69, 9.17) is 4.74 Å². The maximum Gasteiger partial charge on any atom is 0.394 e. The lowest BCUT2D eigenvalue weighted by Gasteiger charge is -2.37. The van der Waals surface area contributed by atoms with Crippen LogP contribution < -0.4 is 5.32 Å². The van der Waals surface area contributed by atoms with Gasteiger partial charge >= 0.3 is 6.18 Å².